The zero-order chi connectivity index (χ0) is 11.4. The molecule has 0 aliphatic rings. The number of nitrogens with one attached hydrogen (secondary N) is 1. The molecule has 2 aromatic rings. The molecule has 0 aromatic carbocycles. The average molecular weight is 215 g/mol. The third-order valence-electron chi connectivity index (χ3n) is 1.95. The van der Waals surface area contributed by atoms with Crippen LogP contribution in [0.15, 0.2) is 22.9 Å². The third-order valence-corrected chi connectivity index (χ3v) is 1.95. The Morgan fingerprint density at radius 1 is 1.56 bits per heavy atom. The number of anilines is 1. The van der Waals surface area contributed by atoms with Crippen molar-refractivity contribution in [2.24, 2.45) is 0 Å². The maximum atomic E-state index is 8.83. The summed E-state index contributed by atoms with van der Waals surface area (Å²) in [6.07, 6.45) is 1.48. The normalized spacial score (nSPS) is 9.75. The summed E-state index contributed by atoms with van der Waals surface area (Å²) in [6.45, 7) is 2.27. The Morgan fingerprint density at radius 3 is 3.12 bits per heavy atom. The highest BCUT2D eigenvalue weighted by molar-refractivity contribution is 5.50. The number of aromatic nitrogens is 3. The molecule has 0 fully saturated rings. The van der Waals surface area contributed by atoms with Gasteiger partial charge in [-0.2, -0.15) is 10.4 Å². The minimum Gasteiger partial charge on any atom is -0.362 e. The maximum Gasteiger partial charge on any atom is 0.166 e. The topological polar surface area (TPSA) is 87.6 Å². The lowest BCUT2D eigenvalue weighted by Gasteiger charge is -2.02. The Kier molecular flexibility index (Phi) is 2.78. The molecule has 0 unspecified atom stereocenters. The van der Waals surface area contributed by atoms with Crippen LogP contribution in [0.3, 0.4) is 0 Å². The minimum atomic E-state index is 0.449. The van der Waals surface area contributed by atoms with Gasteiger partial charge in [0.05, 0.1) is 18.3 Å². The molecule has 0 spiro atoms. The van der Waals surface area contributed by atoms with Crippen LogP contribution < -0.4 is 5.32 Å². The van der Waals surface area contributed by atoms with Crippen LogP contribution in [-0.4, -0.2) is 15.4 Å². The van der Waals surface area contributed by atoms with Crippen LogP contribution in [-0.2, 0) is 6.54 Å². The van der Waals surface area contributed by atoms with Gasteiger partial charge < -0.3 is 9.84 Å². The van der Waals surface area contributed by atoms with E-state index in [9.17, 15) is 0 Å². The van der Waals surface area contributed by atoms with Gasteiger partial charge in [0.15, 0.2) is 5.82 Å². The molecule has 16 heavy (non-hydrogen) atoms. The molecule has 0 saturated heterocycles. The van der Waals surface area contributed by atoms with Crippen molar-refractivity contribution in [1.29, 1.82) is 5.26 Å². The molecule has 0 aliphatic carbocycles. The van der Waals surface area contributed by atoms with E-state index < -0.39 is 0 Å². The van der Waals surface area contributed by atoms with Crippen LogP contribution in [0, 0.1) is 18.3 Å². The second-order valence-corrected chi connectivity index (χ2v) is 3.19. The second-order valence-electron chi connectivity index (χ2n) is 3.19. The Labute approximate surface area is 91.9 Å². The summed E-state index contributed by atoms with van der Waals surface area (Å²) in [7, 11) is 0. The van der Waals surface area contributed by atoms with Gasteiger partial charge in [-0.05, 0) is 13.0 Å². The number of hydrogen-bond donors (Lipinski definition) is 1. The lowest BCUT2D eigenvalue weighted by molar-refractivity contribution is 0.391. The number of aryl methyl sites for hydroxylation is 1. The predicted octanol–water partition coefficient (Wildman–Crippen LogP) is 1.26. The fourth-order valence-electron chi connectivity index (χ4n) is 1.23. The van der Waals surface area contributed by atoms with E-state index in [1.165, 1.54) is 6.20 Å². The van der Waals surface area contributed by atoms with Gasteiger partial charge in [-0.1, -0.05) is 5.16 Å². The van der Waals surface area contributed by atoms with Crippen molar-refractivity contribution in [3.8, 4) is 6.07 Å². The summed E-state index contributed by atoms with van der Waals surface area (Å²) in [5.74, 6) is 1.20. The van der Waals surface area contributed by atoms with Crippen LogP contribution in [0.25, 0.3) is 0 Å². The highest BCUT2D eigenvalue weighted by Crippen LogP contribution is 2.10. The summed E-state index contributed by atoms with van der Waals surface area (Å²) in [5, 5.41) is 23.2. The van der Waals surface area contributed by atoms with Crippen LogP contribution in [0.1, 0.15) is 17.0 Å². The lowest BCUT2D eigenvalue weighted by Crippen LogP contribution is -2.04. The molecule has 0 amide bonds. The Hall–Kier alpha value is -2.42. The number of hydrogen-bond acceptors (Lipinski definition) is 6. The molecular weight excluding hydrogens is 206 g/mol. The van der Waals surface area contributed by atoms with Gasteiger partial charge in [0.25, 0.3) is 0 Å². The predicted molar refractivity (Wildman–Crippen MR) is 55.3 cm³/mol. The molecule has 0 saturated carbocycles. The van der Waals surface area contributed by atoms with Gasteiger partial charge in [-0.25, -0.2) is 0 Å². The molecule has 0 radical (unpaired) electrons. The van der Waals surface area contributed by atoms with Gasteiger partial charge in [0, 0.05) is 6.07 Å². The van der Waals surface area contributed by atoms with E-state index in [4.69, 9.17) is 9.78 Å². The highest BCUT2D eigenvalue weighted by atomic mass is 16.5. The van der Waals surface area contributed by atoms with Crippen molar-refractivity contribution in [3.05, 3.63) is 35.3 Å². The standard InChI is InChI=1S/C10H9N5O/c1-7-4-9(15-16-7)6-12-10-8(5-11)2-3-13-14-10/h2-4H,6H2,1H3,(H,12,14). The fraction of sp³-hybridized carbons (Fsp3) is 0.200. The monoisotopic (exact) mass is 215 g/mol. The number of nitrogens with zero attached hydrogens (tertiary/aromatic N) is 4. The zero-order valence-corrected chi connectivity index (χ0v) is 8.64. The van der Waals surface area contributed by atoms with Crippen molar-refractivity contribution in [1.82, 2.24) is 15.4 Å². The van der Waals surface area contributed by atoms with Crippen molar-refractivity contribution in [2.45, 2.75) is 13.5 Å². The Balaban J connectivity index is 2.08. The van der Waals surface area contributed by atoms with E-state index in [2.05, 4.69) is 20.7 Å². The van der Waals surface area contributed by atoms with Crippen LogP contribution in [0.5, 0.6) is 0 Å². The van der Waals surface area contributed by atoms with E-state index in [0.29, 0.717) is 17.9 Å². The molecular formula is C10H9N5O. The number of rotatable bonds is 3. The van der Waals surface area contributed by atoms with Crippen molar-refractivity contribution in [3.63, 3.8) is 0 Å². The first kappa shape index (κ1) is 10.1. The van der Waals surface area contributed by atoms with Crippen LogP contribution in [0.4, 0.5) is 5.82 Å². The third kappa shape index (κ3) is 2.15. The zero-order valence-electron chi connectivity index (χ0n) is 8.64. The molecule has 0 bridgehead atoms. The van der Waals surface area contributed by atoms with E-state index in [1.807, 2.05) is 19.1 Å². The van der Waals surface area contributed by atoms with Gasteiger partial charge in [-0.15, -0.1) is 5.10 Å². The second kappa shape index (κ2) is 4.40. The van der Waals surface area contributed by atoms with Crippen LogP contribution in [0.2, 0.25) is 0 Å². The first-order valence-corrected chi connectivity index (χ1v) is 4.67. The smallest absolute Gasteiger partial charge is 0.166 e. The minimum absolute atomic E-state index is 0.449. The summed E-state index contributed by atoms with van der Waals surface area (Å²) in [4.78, 5) is 0. The summed E-state index contributed by atoms with van der Waals surface area (Å²) >= 11 is 0. The largest absolute Gasteiger partial charge is 0.362 e. The first-order chi connectivity index (χ1) is 7.79. The van der Waals surface area contributed by atoms with Crippen LogP contribution >= 0.6 is 0 Å². The molecule has 6 heteroatoms. The maximum absolute atomic E-state index is 8.83. The Morgan fingerprint density at radius 2 is 2.44 bits per heavy atom. The van der Waals surface area contributed by atoms with Crippen molar-refractivity contribution < 1.29 is 4.52 Å². The summed E-state index contributed by atoms with van der Waals surface area (Å²) in [6, 6.07) is 5.44. The molecule has 80 valence electrons. The quantitative estimate of drug-likeness (QED) is 0.829. The van der Waals surface area contributed by atoms with Gasteiger partial charge in [0.1, 0.15) is 17.5 Å². The van der Waals surface area contributed by atoms with Gasteiger partial charge in [0.2, 0.25) is 0 Å². The molecule has 6 nitrogen and oxygen atoms in total. The molecule has 2 aromatic heterocycles. The SMILES string of the molecule is Cc1cc(CNc2nnccc2C#N)no1. The van der Waals surface area contributed by atoms with Gasteiger partial charge in [-0.3, -0.25) is 0 Å². The average Bonchev–Trinajstić information content (AvgIpc) is 2.73. The number of nitriles is 1. The van der Waals surface area contributed by atoms with Crippen molar-refractivity contribution in [2.75, 3.05) is 5.32 Å². The molecule has 2 rings (SSSR count). The molecule has 1 N–H and O–H groups in total. The fourth-order valence-corrected chi connectivity index (χ4v) is 1.23. The van der Waals surface area contributed by atoms with Gasteiger partial charge >= 0.3 is 0 Å². The van der Waals surface area contributed by atoms with E-state index >= 15 is 0 Å². The molecule has 0 aliphatic heterocycles. The van der Waals surface area contributed by atoms with E-state index in [-0.39, 0.29) is 0 Å². The summed E-state index contributed by atoms with van der Waals surface area (Å²) in [5.41, 5.74) is 1.21. The molecule has 2 heterocycles. The summed E-state index contributed by atoms with van der Waals surface area (Å²) < 4.78 is 4.92. The molecule has 0 atom stereocenters. The van der Waals surface area contributed by atoms with E-state index in [1.54, 1.807) is 6.07 Å². The highest BCUT2D eigenvalue weighted by Gasteiger charge is 2.04. The van der Waals surface area contributed by atoms with E-state index in [0.717, 1.165) is 11.5 Å². The Bertz CT molecular complexity index is 528. The lowest BCUT2D eigenvalue weighted by atomic mass is 10.3. The first-order valence-electron chi connectivity index (χ1n) is 4.67. The van der Waals surface area contributed by atoms with Crippen molar-refractivity contribution >= 4 is 5.82 Å².